The van der Waals surface area contributed by atoms with E-state index in [1.165, 1.54) is 11.0 Å². The van der Waals surface area contributed by atoms with E-state index in [9.17, 15) is 14.4 Å². The number of carbonyl (C=O) groups is 3. The predicted molar refractivity (Wildman–Crippen MR) is 110 cm³/mol. The van der Waals surface area contributed by atoms with Gasteiger partial charge in [-0.3, -0.25) is 14.4 Å². The average Bonchev–Trinajstić information content (AvgIpc) is 3.22. The molecule has 29 heavy (non-hydrogen) atoms. The number of likely N-dealkylation sites (tertiary alicyclic amines) is 1. The van der Waals surface area contributed by atoms with Crippen molar-refractivity contribution in [2.45, 2.75) is 25.5 Å². The number of halogens is 2. The van der Waals surface area contributed by atoms with Gasteiger partial charge in [-0.05, 0) is 36.6 Å². The SMILES string of the molecule is O=C(CNC(=O)C1CCCN1C(=O)c1cc(Cl)ccc1Cl)OCc1ccccc1. The quantitative estimate of drug-likeness (QED) is 0.706. The molecular formula is C21H20Cl2N2O4. The Labute approximate surface area is 178 Å². The second-order valence-electron chi connectivity index (χ2n) is 6.64. The Balaban J connectivity index is 1.55. The molecule has 8 heteroatoms. The number of benzene rings is 2. The zero-order valence-electron chi connectivity index (χ0n) is 15.6. The van der Waals surface area contributed by atoms with Gasteiger partial charge in [-0.1, -0.05) is 53.5 Å². The van der Waals surface area contributed by atoms with Crippen LogP contribution in [0.4, 0.5) is 0 Å². The molecule has 1 atom stereocenters. The number of esters is 1. The van der Waals surface area contributed by atoms with E-state index in [1.807, 2.05) is 30.3 Å². The number of hydrogen-bond acceptors (Lipinski definition) is 4. The number of nitrogens with one attached hydrogen (secondary N) is 1. The van der Waals surface area contributed by atoms with Gasteiger partial charge in [0.1, 0.15) is 19.2 Å². The van der Waals surface area contributed by atoms with Crippen LogP contribution in [0.15, 0.2) is 48.5 Å². The minimum Gasteiger partial charge on any atom is -0.460 e. The molecule has 0 bridgehead atoms. The van der Waals surface area contributed by atoms with Crippen LogP contribution in [0.2, 0.25) is 10.0 Å². The summed E-state index contributed by atoms with van der Waals surface area (Å²) in [4.78, 5) is 38.8. The topological polar surface area (TPSA) is 75.7 Å². The van der Waals surface area contributed by atoms with Crippen molar-refractivity contribution in [3.05, 3.63) is 69.7 Å². The van der Waals surface area contributed by atoms with Crippen LogP contribution in [0, 0.1) is 0 Å². The molecule has 1 saturated heterocycles. The van der Waals surface area contributed by atoms with E-state index >= 15 is 0 Å². The van der Waals surface area contributed by atoms with Crippen LogP contribution < -0.4 is 5.32 Å². The molecule has 1 aliphatic heterocycles. The molecule has 1 heterocycles. The molecule has 1 aliphatic rings. The molecule has 152 valence electrons. The Morgan fingerprint density at radius 3 is 2.62 bits per heavy atom. The fourth-order valence-corrected chi connectivity index (χ4v) is 3.54. The maximum atomic E-state index is 12.8. The molecule has 1 fully saturated rings. The maximum Gasteiger partial charge on any atom is 0.325 e. The van der Waals surface area contributed by atoms with Gasteiger partial charge < -0.3 is 15.0 Å². The highest BCUT2D eigenvalue weighted by atomic mass is 35.5. The zero-order valence-corrected chi connectivity index (χ0v) is 17.1. The largest absolute Gasteiger partial charge is 0.460 e. The van der Waals surface area contributed by atoms with Crippen molar-refractivity contribution >= 4 is 41.0 Å². The number of ether oxygens (including phenoxy) is 1. The lowest BCUT2D eigenvalue weighted by Gasteiger charge is -2.24. The Morgan fingerprint density at radius 1 is 1.10 bits per heavy atom. The van der Waals surface area contributed by atoms with Gasteiger partial charge in [-0.15, -0.1) is 0 Å². The van der Waals surface area contributed by atoms with Crippen LogP contribution in [-0.4, -0.2) is 41.8 Å². The smallest absolute Gasteiger partial charge is 0.325 e. The molecule has 2 amide bonds. The highest BCUT2D eigenvalue weighted by Crippen LogP contribution is 2.26. The van der Waals surface area contributed by atoms with Gasteiger partial charge in [0, 0.05) is 11.6 Å². The third kappa shape index (κ3) is 5.49. The van der Waals surface area contributed by atoms with Crippen LogP contribution in [0.25, 0.3) is 0 Å². The molecule has 0 spiro atoms. The van der Waals surface area contributed by atoms with Gasteiger partial charge in [-0.25, -0.2) is 0 Å². The summed E-state index contributed by atoms with van der Waals surface area (Å²) >= 11 is 12.1. The first-order valence-corrected chi connectivity index (χ1v) is 9.94. The van der Waals surface area contributed by atoms with Gasteiger partial charge in [0.05, 0.1) is 10.6 Å². The number of carbonyl (C=O) groups excluding carboxylic acids is 3. The minimum absolute atomic E-state index is 0.136. The van der Waals surface area contributed by atoms with Crippen molar-refractivity contribution in [2.24, 2.45) is 0 Å². The fourth-order valence-electron chi connectivity index (χ4n) is 3.16. The normalized spacial score (nSPS) is 15.8. The molecule has 0 aliphatic carbocycles. The summed E-state index contributed by atoms with van der Waals surface area (Å²) in [6.45, 7) is 0.303. The average molecular weight is 435 g/mol. The van der Waals surface area contributed by atoms with E-state index < -0.39 is 17.9 Å². The fraction of sp³-hybridized carbons (Fsp3) is 0.286. The van der Waals surface area contributed by atoms with Gasteiger partial charge in [0.15, 0.2) is 0 Å². The second-order valence-corrected chi connectivity index (χ2v) is 7.49. The number of amides is 2. The summed E-state index contributed by atoms with van der Waals surface area (Å²) in [6, 6.07) is 13.2. The van der Waals surface area contributed by atoms with Crippen molar-refractivity contribution in [3.8, 4) is 0 Å². The van der Waals surface area contributed by atoms with E-state index in [2.05, 4.69) is 5.32 Å². The zero-order chi connectivity index (χ0) is 20.8. The summed E-state index contributed by atoms with van der Waals surface area (Å²) in [5.74, 6) is -1.30. The monoisotopic (exact) mass is 434 g/mol. The summed E-state index contributed by atoms with van der Waals surface area (Å²) in [5.41, 5.74) is 1.11. The highest BCUT2D eigenvalue weighted by Gasteiger charge is 2.35. The molecule has 0 saturated carbocycles. The van der Waals surface area contributed by atoms with Crippen molar-refractivity contribution in [1.82, 2.24) is 10.2 Å². The summed E-state index contributed by atoms with van der Waals surface area (Å²) in [7, 11) is 0. The number of nitrogens with zero attached hydrogens (tertiary/aromatic N) is 1. The Morgan fingerprint density at radius 2 is 1.86 bits per heavy atom. The third-order valence-corrected chi connectivity index (χ3v) is 5.19. The van der Waals surface area contributed by atoms with Crippen molar-refractivity contribution in [1.29, 1.82) is 0 Å². The van der Waals surface area contributed by atoms with Crippen LogP contribution in [0.3, 0.4) is 0 Å². The Hall–Kier alpha value is -2.57. The first kappa shape index (κ1) is 21.1. The highest BCUT2D eigenvalue weighted by molar-refractivity contribution is 6.35. The maximum absolute atomic E-state index is 12.8. The molecule has 0 radical (unpaired) electrons. The molecule has 2 aromatic carbocycles. The molecular weight excluding hydrogens is 415 g/mol. The molecule has 6 nitrogen and oxygen atoms in total. The van der Waals surface area contributed by atoms with Crippen LogP contribution >= 0.6 is 23.2 Å². The van der Waals surface area contributed by atoms with Crippen LogP contribution in [0.5, 0.6) is 0 Å². The Bertz CT molecular complexity index is 905. The lowest BCUT2D eigenvalue weighted by molar-refractivity contribution is -0.145. The molecule has 1 unspecified atom stereocenters. The van der Waals surface area contributed by atoms with E-state index in [0.29, 0.717) is 24.4 Å². The Kier molecular flexibility index (Phi) is 7.12. The van der Waals surface area contributed by atoms with Crippen LogP contribution in [0.1, 0.15) is 28.8 Å². The van der Waals surface area contributed by atoms with E-state index in [-0.39, 0.29) is 29.6 Å². The first-order chi connectivity index (χ1) is 14.0. The third-order valence-electron chi connectivity index (χ3n) is 4.62. The number of hydrogen-bond donors (Lipinski definition) is 1. The summed E-state index contributed by atoms with van der Waals surface area (Å²) in [5, 5.41) is 3.22. The van der Waals surface area contributed by atoms with E-state index in [1.54, 1.807) is 12.1 Å². The van der Waals surface area contributed by atoms with Crippen molar-refractivity contribution in [3.63, 3.8) is 0 Å². The molecule has 0 aromatic heterocycles. The first-order valence-electron chi connectivity index (χ1n) is 9.19. The molecule has 3 rings (SSSR count). The second kappa shape index (κ2) is 9.76. The van der Waals surface area contributed by atoms with Crippen LogP contribution in [-0.2, 0) is 20.9 Å². The van der Waals surface area contributed by atoms with Gasteiger partial charge in [0.2, 0.25) is 5.91 Å². The van der Waals surface area contributed by atoms with Gasteiger partial charge in [0.25, 0.3) is 5.91 Å². The van der Waals surface area contributed by atoms with E-state index in [4.69, 9.17) is 27.9 Å². The van der Waals surface area contributed by atoms with Crippen molar-refractivity contribution in [2.75, 3.05) is 13.1 Å². The van der Waals surface area contributed by atoms with Crippen molar-refractivity contribution < 1.29 is 19.1 Å². The standard InChI is InChI=1S/C21H20Cl2N2O4/c22-15-8-9-17(23)16(11-15)21(28)25-10-4-7-18(25)20(27)24-12-19(26)29-13-14-5-2-1-3-6-14/h1-3,5-6,8-9,11,18H,4,7,10,12-13H2,(H,24,27). The summed E-state index contributed by atoms with van der Waals surface area (Å²) in [6.07, 6.45) is 1.19. The van der Waals surface area contributed by atoms with Gasteiger partial charge in [-0.2, -0.15) is 0 Å². The van der Waals surface area contributed by atoms with E-state index in [0.717, 1.165) is 5.56 Å². The molecule has 1 N–H and O–H groups in total. The minimum atomic E-state index is -0.667. The molecule has 2 aromatic rings. The van der Waals surface area contributed by atoms with Gasteiger partial charge >= 0.3 is 5.97 Å². The lowest BCUT2D eigenvalue weighted by Crippen LogP contribution is -2.47. The lowest BCUT2D eigenvalue weighted by atomic mass is 10.1. The summed E-state index contributed by atoms with van der Waals surface area (Å²) < 4.78 is 5.15. The predicted octanol–water partition coefficient (Wildman–Crippen LogP) is 3.46. The number of rotatable bonds is 6.